The SMILES string of the molecule is COc1cc2nc(-c3cc(C)c(O)cc3F)nc(N)c2cc1OC. The highest BCUT2D eigenvalue weighted by Crippen LogP contribution is 2.35. The lowest BCUT2D eigenvalue weighted by atomic mass is 10.1. The van der Waals surface area contributed by atoms with E-state index in [-0.39, 0.29) is 23.0 Å². The molecular formula is C17H16FN3O3. The maximum Gasteiger partial charge on any atom is 0.165 e. The summed E-state index contributed by atoms with van der Waals surface area (Å²) in [4.78, 5) is 8.56. The molecule has 7 heteroatoms. The Morgan fingerprint density at radius 1 is 1.04 bits per heavy atom. The van der Waals surface area contributed by atoms with E-state index in [2.05, 4.69) is 9.97 Å². The molecule has 0 aliphatic carbocycles. The van der Waals surface area contributed by atoms with Crippen LogP contribution < -0.4 is 15.2 Å². The Kier molecular flexibility index (Phi) is 3.84. The molecule has 0 atom stereocenters. The highest BCUT2D eigenvalue weighted by Gasteiger charge is 2.16. The maximum absolute atomic E-state index is 14.2. The van der Waals surface area contributed by atoms with Crippen LogP contribution >= 0.6 is 0 Å². The molecule has 0 spiro atoms. The van der Waals surface area contributed by atoms with Crippen LogP contribution in [0.15, 0.2) is 24.3 Å². The first-order chi connectivity index (χ1) is 11.4. The molecule has 0 bridgehead atoms. The van der Waals surface area contributed by atoms with Gasteiger partial charge in [-0.1, -0.05) is 0 Å². The minimum Gasteiger partial charge on any atom is -0.508 e. The Hall–Kier alpha value is -3.09. The third-order valence-electron chi connectivity index (χ3n) is 3.76. The third kappa shape index (κ3) is 2.54. The lowest BCUT2D eigenvalue weighted by Crippen LogP contribution is -2.01. The van der Waals surface area contributed by atoms with Gasteiger partial charge in [-0.3, -0.25) is 0 Å². The lowest BCUT2D eigenvalue weighted by Gasteiger charge is -2.11. The number of phenols is 1. The van der Waals surface area contributed by atoms with Gasteiger partial charge >= 0.3 is 0 Å². The number of ether oxygens (including phenoxy) is 2. The van der Waals surface area contributed by atoms with Gasteiger partial charge in [-0.2, -0.15) is 0 Å². The summed E-state index contributed by atoms with van der Waals surface area (Å²) >= 11 is 0. The average molecular weight is 329 g/mol. The van der Waals surface area contributed by atoms with Crippen molar-refractivity contribution in [2.45, 2.75) is 6.92 Å². The smallest absolute Gasteiger partial charge is 0.165 e. The fourth-order valence-electron chi connectivity index (χ4n) is 2.44. The Morgan fingerprint density at radius 3 is 2.38 bits per heavy atom. The van der Waals surface area contributed by atoms with E-state index in [9.17, 15) is 9.50 Å². The van der Waals surface area contributed by atoms with Crippen molar-refractivity contribution in [1.29, 1.82) is 0 Å². The predicted octanol–water partition coefficient (Wildman–Crippen LogP) is 3.05. The number of rotatable bonds is 3. The number of aryl methyl sites for hydroxylation is 1. The average Bonchev–Trinajstić information content (AvgIpc) is 2.56. The fourth-order valence-corrected chi connectivity index (χ4v) is 2.44. The molecular weight excluding hydrogens is 313 g/mol. The molecule has 3 rings (SSSR count). The lowest BCUT2D eigenvalue weighted by molar-refractivity contribution is 0.356. The summed E-state index contributed by atoms with van der Waals surface area (Å²) < 4.78 is 24.7. The van der Waals surface area contributed by atoms with E-state index in [0.29, 0.717) is 28.0 Å². The molecule has 1 heterocycles. The van der Waals surface area contributed by atoms with Gasteiger partial charge < -0.3 is 20.3 Å². The Bertz CT molecular complexity index is 944. The number of aromatic nitrogens is 2. The van der Waals surface area contributed by atoms with Crippen molar-refractivity contribution in [3.63, 3.8) is 0 Å². The van der Waals surface area contributed by atoms with Crippen LogP contribution in [0.1, 0.15) is 5.56 Å². The summed E-state index contributed by atoms with van der Waals surface area (Å²) in [5, 5.41) is 10.2. The van der Waals surface area contributed by atoms with Crippen molar-refractivity contribution < 1.29 is 19.0 Å². The second-order valence-electron chi connectivity index (χ2n) is 5.28. The van der Waals surface area contributed by atoms with E-state index in [1.165, 1.54) is 20.3 Å². The summed E-state index contributed by atoms with van der Waals surface area (Å²) in [6, 6.07) is 5.83. The van der Waals surface area contributed by atoms with Crippen LogP contribution in [0.3, 0.4) is 0 Å². The zero-order chi connectivity index (χ0) is 17.4. The first-order valence-electron chi connectivity index (χ1n) is 7.13. The van der Waals surface area contributed by atoms with Crippen LogP contribution in [0.5, 0.6) is 17.2 Å². The van der Waals surface area contributed by atoms with Gasteiger partial charge in [0.15, 0.2) is 17.3 Å². The minimum absolute atomic E-state index is 0.128. The monoisotopic (exact) mass is 329 g/mol. The minimum atomic E-state index is -0.627. The van der Waals surface area contributed by atoms with Crippen molar-refractivity contribution in [2.75, 3.05) is 20.0 Å². The fraction of sp³-hybridized carbons (Fsp3) is 0.176. The van der Waals surface area contributed by atoms with E-state index >= 15 is 0 Å². The van der Waals surface area contributed by atoms with Crippen LogP contribution in [0, 0.1) is 12.7 Å². The van der Waals surface area contributed by atoms with Crippen LogP contribution in [0.25, 0.3) is 22.3 Å². The van der Waals surface area contributed by atoms with Gasteiger partial charge in [0.25, 0.3) is 0 Å². The van der Waals surface area contributed by atoms with Gasteiger partial charge in [0.2, 0.25) is 0 Å². The van der Waals surface area contributed by atoms with E-state index in [0.717, 1.165) is 6.07 Å². The number of halogens is 1. The molecule has 0 aliphatic heterocycles. The zero-order valence-electron chi connectivity index (χ0n) is 13.4. The number of phenolic OH excluding ortho intramolecular Hbond substituents is 1. The molecule has 0 saturated heterocycles. The van der Waals surface area contributed by atoms with E-state index in [1.54, 1.807) is 19.1 Å². The molecule has 124 valence electrons. The molecule has 0 aliphatic rings. The summed E-state index contributed by atoms with van der Waals surface area (Å²) in [6.45, 7) is 1.66. The van der Waals surface area contributed by atoms with Crippen molar-refractivity contribution in [3.8, 4) is 28.6 Å². The predicted molar refractivity (Wildman–Crippen MR) is 88.9 cm³/mol. The highest BCUT2D eigenvalue weighted by molar-refractivity contribution is 5.92. The van der Waals surface area contributed by atoms with Crippen molar-refractivity contribution in [2.24, 2.45) is 0 Å². The molecule has 0 fully saturated rings. The Balaban J connectivity index is 2.26. The quantitative estimate of drug-likeness (QED) is 0.767. The molecule has 6 nitrogen and oxygen atoms in total. The number of aromatic hydroxyl groups is 1. The van der Waals surface area contributed by atoms with Gasteiger partial charge in [-0.25, -0.2) is 14.4 Å². The van der Waals surface area contributed by atoms with Crippen molar-refractivity contribution in [3.05, 3.63) is 35.6 Å². The molecule has 0 amide bonds. The number of methoxy groups -OCH3 is 2. The molecule has 0 saturated carbocycles. The van der Waals surface area contributed by atoms with Gasteiger partial charge in [0, 0.05) is 17.5 Å². The summed E-state index contributed by atoms with van der Waals surface area (Å²) in [7, 11) is 3.03. The summed E-state index contributed by atoms with van der Waals surface area (Å²) in [5.74, 6) is 0.554. The van der Waals surface area contributed by atoms with Gasteiger partial charge in [-0.05, 0) is 24.6 Å². The van der Waals surface area contributed by atoms with Crippen molar-refractivity contribution >= 4 is 16.7 Å². The topological polar surface area (TPSA) is 90.5 Å². The standard InChI is InChI=1S/C17H16FN3O3/c1-8-4-9(11(18)6-13(8)22)17-20-12-7-15(24-3)14(23-2)5-10(12)16(19)21-17/h4-7,22H,1-3H3,(H2,19,20,21). The van der Waals surface area contributed by atoms with Gasteiger partial charge in [-0.15, -0.1) is 0 Å². The number of benzene rings is 2. The number of fused-ring (bicyclic) bond motifs is 1. The van der Waals surface area contributed by atoms with Crippen LogP contribution in [-0.4, -0.2) is 29.3 Å². The molecule has 3 aromatic rings. The van der Waals surface area contributed by atoms with E-state index < -0.39 is 5.82 Å². The molecule has 1 aromatic heterocycles. The summed E-state index contributed by atoms with van der Waals surface area (Å²) in [5.41, 5.74) is 7.18. The second kappa shape index (κ2) is 5.84. The molecule has 0 unspecified atom stereocenters. The molecule has 24 heavy (non-hydrogen) atoms. The molecule has 2 aromatic carbocycles. The Labute approximate surface area is 137 Å². The zero-order valence-corrected chi connectivity index (χ0v) is 13.4. The van der Waals surface area contributed by atoms with Gasteiger partial charge in [0.1, 0.15) is 17.4 Å². The Morgan fingerprint density at radius 2 is 1.71 bits per heavy atom. The normalized spacial score (nSPS) is 10.8. The highest BCUT2D eigenvalue weighted by atomic mass is 19.1. The second-order valence-corrected chi connectivity index (χ2v) is 5.28. The molecule has 0 radical (unpaired) electrons. The van der Waals surface area contributed by atoms with Crippen molar-refractivity contribution in [1.82, 2.24) is 9.97 Å². The largest absolute Gasteiger partial charge is 0.508 e. The number of nitrogens with two attached hydrogens (primary N) is 1. The van der Waals surface area contributed by atoms with Crippen LogP contribution in [0.2, 0.25) is 0 Å². The van der Waals surface area contributed by atoms with E-state index in [1.807, 2.05) is 0 Å². The number of nitrogen functional groups attached to an aromatic ring is 1. The summed E-state index contributed by atoms with van der Waals surface area (Å²) in [6.07, 6.45) is 0. The maximum atomic E-state index is 14.2. The number of hydrogen-bond donors (Lipinski definition) is 2. The first-order valence-corrected chi connectivity index (χ1v) is 7.13. The third-order valence-corrected chi connectivity index (χ3v) is 3.76. The first kappa shape index (κ1) is 15.8. The molecule has 3 N–H and O–H groups in total. The van der Waals surface area contributed by atoms with Crippen LogP contribution in [-0.2, 0) is 0 Å². The van der Waals surface area contributed by atoms with Crippen LogP contribution in [0.4, 0.5) is 10.2 Å². The number of hydrogen-bond acceptors (Lipinski definition) is 6. The number of nitrogens with zero attached hydrogens (tertiary/aromatic N) is 2. The number of anilines is 1. The van der Waals surface area contributed by atoms with E-state index in [4.69, 9.17) is 15.2 Å². The van der Waals surface area contributed by atoms with Gasteiger partial charge in [0.05, 0.1) is 25.3 Å².